The van der Waals surface area contributed by atoms with E-state index < -0.39 is 0 Å². The average molecular weight is 350 g/mol. The van der Waals surface area contributed by atoms with E-state index >= 15 is 0 Å². The van der Waals surface area contributed by atoms with Gasteiger partial charge in [-0.15, -0.1) is 17.8 Å². The second-order valence-corrected chi connectivity index (χ2v) is 5.76. The fourth-order valence-corrected chi connectivity index (χ4v) is 3.40. The molecule has 0 aromatic carbocycles. The molecule has 0 unspecified atom stereocenters. The summed E-state index contributed by atoms with van der Waals surface area (Å²) in [5.74, 6) is 0. The van der Waals surface area contributed by atoms with Gasteiger partial charge in [0.1, 0.15) is 0 Å². The predicted molar refractivity (Wildman–Crippen MR) is 71.9 cm³/mol. The third-order valence-corrected chi connectivity index (χ3v) is 4.48. The number of allylic oxidation sites excluding steroid dienone is 4. The van der Waals surface area contributed by atoms with Crippen LogP contribution in [-0.4, -0.2) is 0 Å². The van der Waals surface area contributed by atoms with Gasteiger partial charge in [-0.25, -0.2) is 11.6 Å². The van der Waals surface area contributed by atoms with Crippen LogP contribution in [0.15, 0.2) is 29.2 Å². The van der Waals surface area contributed by atoms with E-state index in [2.05, 4.69) is 50.4 Å². The van der Waals surface area contributed by atoms with Crippen molar-refractivity contribution in [3.8, 4) is 0 Å². The molecule has 0 bridgehead atoms. The van der Waals surface area contributed by atoms with Gasteiger partial charge in [-0.3, -0.25) is 6.08 Å². The Kier molecular flexibility index (Phi) is 10.8. The number of halogens is 2. The average Bonchev–Trinajstić information content (AvgIpc) is 2.88. The quantitative estimate of drug-likeness (QED) is 0.467. The van der Waals surface area contributed by atoms with Gasteiger partial charge in [0.05, 0.1) is 0 Å². The van der Waals surface area contributed by atoms with E-state index in [1.807, 2.05) is 11.3 Å². The van der Waals surface area contributed by atoms with Gasteiger partial charge in [-0.2, -0.15) is 6.08 Å². The third kappa shape index (κ3) is 4.75. The maximum absolute atomic E-state index is 3.47. The summed E-state index contributed by atoms with van der Waals surface area (Å²) in [5, 5.41) is 2.22. The van der Waals surface area contributed by atoms with Crippen LogP contribution in [0.4, 0.5) is 0 Å². The number of thiophene rings is 1. The first-order valence-corrected chi connectivity index (χ1v) is 6.89. The van der Waals surface area contributed by atoms with E-state index in [9.17, 15) is 0 Å². The molecule has 1 aliphatic rings. The molecule has 1 aromatic rings. The minimum Gasteiger partial charge on any atom is -1.00 e. The Hall–Kier alpha value is 0.474. The molecule has 4 heteroatoms. The summed E-state index contributed by atoms with van der Waals surface area (Å²) in [6.07, 6.45) is 11.3. The first-order valence-electron chi connectivity index (χ1n) is 6.01. The molecule has 0 nitrogen and oxygen atoms in total. The Balaban J connectivity index is 0. The van der Waals surface area contributed by atoms with Gasteiger partial charge in [0, 0.05) is 4.88 Å². The second-order valence-electron chi connectivity index (χ2n) is 4.85. The van der Waals surface area contributed by atoms with Crippen LogP contribution in [0.5, 0.6) is 0 Å². The van der Waals surface area contributed by atoms with Crippen molar-refractivity contribution in [2.24, 2.45) is 0 Å². The van der Waals surface area contributed by atoms with Gasteiger partial charge in [0.2, 0.25) is 0 Å². The Labute approximate surface area is 148 Å². The number of rotatable bonds is 4. The van der Waals surface area contributed by atoms with E-state index in [1.54, 1.807) is 0 Å². The summed E-state index contributed by atoms with van der Waals surface area (Å²) in [6.45, 7) is 6.88. The summed E-state index contributed by atoms with van der Waals surface area (Å²) < 4.78 is 0. The summed E-state index contributed by atoms with van der Waals surface area (Å²) in [4.78, 5) is 1.52. The standard InChI is InChI=1S/C15H19S.2ClH.Ti/c1-4-7-12-10-11-16-14(12)15(2,3)13-8-5-6-9-13;;;/h5,8,10-11H,4,6-7H2,1-3H3;2*1H;/q-1;;;+3/p-2. The van der Waals surface area contributed by atoms with Gasteiger partial charge in [0.15, 0.2) is 0 Å². The molecule has 1 aliphatic carbocycles. The Morgan fingerprint density at radius 2 is 2.00 bits per heavy atom. The molecule has 0 N–H and O–H groups in total. The Morgan fingerprint density at radius 1 is 1.32 bits per heavy atom. The van der Waals surface area contributed by atoms with E-state index in [0.717, 1.165) is 6.42 Å². The van der Waals surface area contributed by atoms with E-state index in [0.29, 0.717) is 0 Å². The molecule has 1 heterocycles. The molecule has 0 amide bonds. The molecule has 0 saturated heterocycles. The van der Waals surface area contributed by atoms with Crippen molar-refractivity contribution in [3.05, 3.63) is 45.7 Å². The van der Waals surface area contributed by atoms with Gasteiger partial charge in [0.25, 0.3) is 0 Å². The fraction of sp³-hybridized carbons (Fsp3) is 0.467. The van der Waals surface area contributed by atoms with Crippen molar-refractivity contribution in [1.82, 2.24) is 0 Å². The molecule has 2 rings (SSSR count). The van der Waals surface area contributed by atoms with Crippen molar-refractivity contribution in [2.45, 2.75) is 45.4 Å². The van der Waals surface area contributed by atoms with Crippen LogP contribution in [0.1, 0.15) is 44.1 Å². The molecule has 1 aromatic heterocycles. The topological polar surface area (TPSA) is 0 Å². The number of hydrogen-bond acceptors (Lipinski definition) is 1. The maximum atomic E-state index is 3.47. The van der Waals surface area contributed by atoms with Gasteiger partial charge in [-0.1, -0.05) is 27.2 Å². The monoisotopic (exact) mass is 349 g/mol. The molecular formula is C15H19Cl2STi. The minimum atomic E-state index is 0. The van der Waals surface area contributed by atoms with Crippen molar-refractivity contribution in [1.29, 1.82) is 0 Å². The van der Waals surface area contributed by atoms with Crippen molar-refractivity contribution < 1.29 is 46.5 Å². The van der Waals surface area contributed by atoms with E-state index in [-0.39, 0.29) is 51.9 Å². The zero-order valence-electron chi connectivity index (χ0n) is 11.6. The minimum absolute atomic E-state index is 0. The van der Waals surface area contributed by atoms with E-state index in [1.165, 1.54) is 28.9 Å². The van der Waals surface area contributed by atoms with Crippen LogP contribution >= 0.6 is 11.3 Å². The zero-order chi connectivity index (χ0) is 11.6. The summed E-state index contributed by atoms with van der Waals surface area (Å²) in [7, 11) is 0. The summed E-state index contributed by atoms with van der Waals surface area (Å²) >= 11 is 1.89. The van der Waals surface area contributed by atoms with Crippen molar-refractivity contribution in [2.75, 3.05) is 0 Å². The van der Waals surface area contributed by atoms with Crippen molar-refractivity contribution >= 4 is 11.3 Å². The van der Waals surface area contributed by atoms with Crippen LogP contribution < -0.4 is 24.8 Å². The maximum Gasteiger partial charge on any atom is 3.00 e. The van der Waals surface area contributed by atoms with Crippen LogP contribution in [0.25, 0.3) is 0 Å². The third-order valence-electron chi connectivity index (χ3n) is 3.20. The molecule has 1 radical (unpaired) electrons. The summed E-state index contributed by atoms with van der Waals surface area (Å²) in [5.41, 5.74) is 3.01. The normalized spacial score (nSPS) is 13.1. The van der Waals surface area contributed by atoms with Gasteiger partial charge < -0.3 is 24.8 Å². The predicted octanol–water partition coefficient (Wildman–Crippen LogP) is -1.33. The SMILES string of the molecule is CCCc1ccsc1C(C)(C)C1=[C-]CC=C1.[Cl-].[Cl-].[Ti+3]. The Morgan fingerprint density at radius 3 is 2.53 bits per heavy atom. The largest absolute Gasteiger partial charge is 3.00 e. The van der Waals surface area contributed by atoms with Gasteiger partial charge in [-0.05, 0) is 28.8 Å². The van der Waals surface area contributed by atoms with Crippen LogP contribution in [-0.2, 0) is 33.6 Å². The Bertz CT molecular complexity index is 433. The second kappa shape index (κ2) is 9.42. The van der Waals surface area contributed by atoms with Crippen molar-refractivity contribution in [3.63, 3.8) is 0 Å². The summed E-state index contributed by atoms with van der Waals surface area (Å²) in [6, 6.07) is 2.28. The molecule has 0 spiro atoms. The molecule has 0 aliphatic heterocycles. The van der Waals surface area contributed by atoms with Crippen LogP contribution in [0.3, 0.4) is 0 Å². The smallest absolute Gasteiger partial charge is 1.00 e. The van der Waals surface area contributed by atoms with Gasteiger partial charge >= 0.3 is 21.7 Å². The number of aryl methyl sites for hydroxylation is 1. The first-order chi connectivity index (χ1) is 7.66. The molecule has 103 valence electrons. The zero-order valence-corrected chi connectivity index (χ0v) is 15.5. The molecule has 0 saturated carbocycles. The first kappa shape index (κ1) is 21.8. The van der Waals surface area contributed by atoms with Crippen LogP contribution in [0, 0.1) is 6.08 Å². The fourth-order valence-electron chi connectivity index (χ4n) is 2.31. The molecule has 19 heavy (non-hydrogen) atoms. The molecular weight excluding hydrogens is 331 g/mol. The molecule has 0 atom stereocenters. The van der Waals surface area contributed by atoms with Crippen LogP contribution in [0.2, 0.25) is 0 Å². The molecule has 0 fully saturated rings. The van der Waals surface area contributed by atoms with E-state index in [4.69, 9.17) is 0 Å². The number of hydrogen-bond donors (Lipinski definition) is 0.